The summed E-state index contributed by atoms with van der Waals surface area (Å²) in [5, 5.41) is 3.33. The van der Waals surface area contributed by atoms with E-state index in [2.05, 4.69) is 10.2 Å². The topological polar surface area (TPSA) is 44.8 Å². The molecule has 1 aliphatic rings. The van der Waals surface area contributed by atoms with Crippen LogP contribution < -0.4 is 10.1 Å². The van der Waals surface area contributed by atoms with Gasteiger partial charge in [0, 0.05) is 46.3 Å². The first-order valence-corrected chi connectivity index (χ1v) is 7.45. The van der Waals surface area contributed by atoms with Crippen molar-refractivity contribution < 1.29 is 9.53 Å². The van der Waals surface area contributed by atoms with E-state index >= 15 is 0 Å². The summed E-state index contributed by atoms with van der Waals surface area (Å²) in [6, 6.07) is 5.70. The van der Waals surface area contributed by atoms with Crippen LogP contribution in [0.3, 0.4) is 0 Å². The van der Waals surface area contributed by atoms with Crippen molar-refractivity contribution in [2.75, 3.05) is 53.4 Å². The summed E-state index contributed by atoms with van der Waals surface area (Å²) in [4.78, 5) is 16.7. The molecule has 1 saturated heterocycles. The average Bonchev–Trinajstić information content (AvgIpc) is 2.52. The highest BCUT2D eigenvalue weighted by molar-refractivity contribution is 5.97. The van der Waals surface area contributed by atoms with Crippen molar-refractivity contribution >= 4 is 5.91 Å². The number of amides is 1. The number of benzene rings is 1. The van der Waals surface area contributed by atoms with Gasteiger partial charge >= 0.3 is 0 Å². The summed E-state index contributed by atoms with van der Waals surface area (Å²) in [6.07, 6.45) is 0. The van der Waals surface area contributed by atoms with Crippen LogP contribution in [0, 0.1) is 6.92 Å². The SMILES string of the molecule is COc1ccc(C)cc1C(=O)N(C)CCN1CCNCC1. The van der Waals surface area contributed by atoms with Crippen molar-refractivity contribution in [2.45, 2.75) is 6.92 Å². The number of piperazine rings is 1. The van der Waals surface area contributed by atoms with Crippen LogP contribution in [0.2, 0.25) is 0 Å². The molecule has 0 unspecified atom stereocenters. The lowest BCUT2D eigenvalue weighted by atomic mass is 10.1. The minimum Gasteiger partial charge on any atom is -0.496 e. The zero-order valence-corrected chi connectivity index (χ0v) is 13.2. The quantitative estimate of drug-likeness (QED) is 0.878. The smallest absolute Gasteiger partial charge is 0.257 e. The fourth-order valence-corrected chi connectivity index (χ4v) is 2.52. The molecule has 0 saturated carbocycles. The third-order valence-corrected chi connectivity index (χ3v) is 3.89. The number of hydrogen-bond acceptors (Lipinski definition) is 4. The molecule has 0 aliphatic carbocycles. The first-order valence-electron chi connectivity index (χ1n) is 7.45. The number of hydrogen-bond donors (Lipinski definition) is 1. The zero-order chi connectivity index (χ0) is 15.2. The van der Waals surface area contributed by atoms with Crippen LogP contribution in [0.4, 0.5) is 0 Å². The molecule has 1 N–H and O–H groups in total. The number of nitrogens with zero attached hydrogens (tertiary/aromatic N) is 2. The number of carbonyl (C=O) groups excluding carboxylic acids is 1. The third kappa shape index (κ3) is 4.19. The van der Waals surface area contributed by atoms with Crippen LogP contribution in [0.25, 0.3) is 0 Å². The second-order valence-corrected chi connectivity index (χ2v) is 5.52. The van der Waals surface area contributed by atoms with Crippen molar-refractivity contribution in [3.63, 3.8) is 0 Å². The van der Waals surface area contributed by atoms with E-state index in [9.17, 15) is 4.79 Å². The molecule has 1 aliphatic heterocycles. The number of rotatable bonds is 5. The van der Waals surface area contributed by atoms with E-state index in [4.69, 9.17) is 4.74 Å². The lowest BCUT2D eigenvalue weighted by molar-refractivity contribution is 0.0771. The van der Waals surface area contributed by atoms with Gasteiger partial charge in [0.2, 0.25) is 0 Å². The summed E-state index contributed by atoms with van der Waals surface area (Å²) in [5.41, 5.74) is 1.70. The minimum absolute atomic E-state index is 0.0192. The molecular weight excluding hydrogens is 266 g/mol. The van der Waals surface area contributed by atoms with Crippen LogP contribution in [-0.4, -0.2) is 69.1 Å². The van der Waals surface area contributed by atoms with Gasteiger partial charge in [-0.25, -0.2) is 0 Å². The Morgan fingerprint density at radius 3 is 2.76 bits per heavy atom. The Labute approximate surface area is 126 Å². The molecule has 1 amide bonds. The van der Waals surface area contributed by atoms with Crippen LogP contribution in [0.1, 0.15) is 15.9 Å². The van der Waals surface area contributed by atoms with E-state index in [0.717, 1.165) is 44.8 Å². The van der Waals surface area contributed by atoms with Gasteiger partial charge in [-0.1, -0.05) is 11.6 Å². The molecule has 0 atom stereocenters. The van der Waals surface area contributed by atoms with Gasteiger partial charge in [0.05, 0.1) is 12.7 Å². The number of likely N-dealkylation sites (N-methyl/N-ethyl adjacent to an activating group) is 1. The van der Waals surface area contributed by atoms with Crippen LogP contribution in [-0.2, 0) is 0 Å². The normalized spacial score (nSPS) is 15.8. The number of ether oxygens (including phenoxy) is 1. The minimum atomic E-state index is 0.0192. The van der Waals surface area contributed by atoms with E-state index in [1.165, 1.54) is 0 Å². The Hall–Kier alpha value is -1.59. The maximum absolute atomic E-state index is 12.6. The molecule has 1 aromatic carbocycles. The Bertz CT molecular complexity index is 484. The molecule has 116 valence electrons. The molecule has 0 spiro atoms. The third-order valence-electron chi connectivity index (χ3n) is 3.89. The molecule has 0 aromatic heterocycles. The summed E-state index contributed by atoms with van der Waals surface area (Å²) >= 11 is 0. The largest absolute Gasteiger partial charge is 0.496 e. The second-order valence-electron chi connectivity index (χ2n) is 5.52. The lowest BCUT2D eigenvalue weighted by Gasteiger charge is -2.29. The predicted octanol–water partition coefficient (Wildman–Crippen LogP) is 0.981. The van der Waals surface area contributed by atoms with E-state index in [1.807, 2.05) is 32.2 Å². The van der Waals surface area contributed by atoms with Gasteiger partial charge in [-0.05, 0) is 19.1 Å². The fourth-order valence-electron chi connectivity index (χ4n) is 2.52. The number of methoxy groups -OCH3 is 1. The van der Waals surface area contributed by atoms with Crippen molar-refractivity contribution in [1.82, 2.24) is 15.1 Å². The van der Waals surface area contributed by atoms with Gasteiger partial charge in [0.1, 0.15) is 5.75 Å². The van der Waals surface area contributed by atoms with Gasteiger partial charge in [-0.15, -0.1) is 0 Å². The molecule has 0 radical (unpaired) electrons. The van der Waals surface area contributed by atoms with Crippen LogP contribution >= 0.6 is 0 Å². The molecule has 1 fully saturated rings. The maximum Gasteiger partial charge on any atom is 0.257 e. The van der Waals surface area contributed by atoms with Gasteiger partial charge in [0.25, 0.3) is 5.91 Å². The Balaban J connectivity index is 1.96. The Morgan fingerprint density at radius 2 is 2.10 bits per heavy atom. The molecule has 5 heteroatoms. The molecule has 21 heavy (non-hydrogen) atoms. The van der Waals surface area contributed by atoms with Gasteiger partial charge in [-0.3, -0.25) is 9.69 Å². The summed E-state index contributed by atoms with van der Waals surface area (Å²) in [7, 11) is 3.45. The van der Waals surface area contributed by atoms with Gasteiger partial charge in [0.15, 0.2) is 0 Å². The van der Waals surface area contributed by atoms with Crippen molar-refractivity contribution in [3.8, 4) is 5.75 Å². The number of carbonyl (C=O) groups is 1. The van der Waals surface area contributed by atoms with E-state index in [0.29, 0.717) is 11.3 Å². The fraction of sp³-hybridized carbons (Fsp3) is 0.562. The highest BCUT2D eigenvalue weighted by Crippen LogP contribution is 2.21. The monoisotopic (exact) mass is 291 g/mol. The first kappa shape index (κ1) is 15.8. The second kappa shape index (κ2) is 7.43. The Kier molecular flexibility index (Phi) is 5.59. The van der Waals surface area contributed by atoms with Crippen LogP contribution in [0.15, 0.2) is 18.2 Å². The summed E-state index contributed by atoms with van der Waals surface area (Å²) in [6.45, 7) is 7.79. The van der Waals surface area contributed by atoms with E-state index < -0.39 is 0 Å². The Morgan fingerprint density at radius 1 is 1.38 bits per heavy atom. The standard InChI is InChI=1S/C16H25N3O2/c1-13-4-5-15(21-3)14(12-13)16(20)18(2)10-11-19-8-6-17-7-9-19/h4-5,12,17H,6-11H2,1-3H3. The average molecular weight is 291 g/mol. The van der Waals surface area contributed by atoms with Crippen molar-refractivity contribution in [3.05, 3.63) is 29.3 Å². The number of nitrogens with one attached hydrogen (secondary N) is 1. The predicted molar refractivity (Wildman–Crippen MR) is 84.0 cm³/mol. The van der Waals surface area contributed by atoms with Gasteiger partial charge in [-0.2, -0.15) is 0 Å². The van der Waals surface area contributed by atoms with Crippen molar-refractivity contribution in [1.29, 1.82) is 0 Å². The van der Waals surface area contributed by atoms with Gasteiger partial charge < -0.3 is 15.0 Å². The number of aryl methyl sites for hydroxylation is 1. The highest BCUT2D eigenvalue weighted by atomic mass is 16.5. The zero-order valence-electron chi connectivity index (χ0n) is 13.2. The molecule has 5 nitrogen and oxygen atoms in total. The summed E-state index contributed by atoms with van der Waals surface area (Å²) < 4.78 is 5.30. The van der Waals surface area contributed by atoms with E-state index in [1.54, 1.807) is 12.0 Å². The molecule has 1 heterocycles. The maximum atomic E-state index is 12.6. The van der Waals surface area contributed by atoms with Crippen molar-refractivity contribution in [2.24, 2.45) is 0 Å². The lowest BCUT2D eigenvalue weighted by Crippen LogP contribution is -2.46. The first-order chi connectivity index (χ1) is 10.1. The molecule has 1 aromatic rings. The molecular formula is C16H25N3O2. The molecule has 0 bridgehead atoms. The van der Waals surface area contributed by atoms with E-state index in [-0.39, 0.29) is 5.91 Å². The summed E-state index contributed by atoms with van der Waals surface area (Å²) in [5.74, 6) is 0.658. The highest BCUT2D eigenvalue weighted by Gasteiger charge is 2.18. The molecule has 2 rings (SSSR count). The van der Waals surface area contributed by atoms with Crippen LogP contribution in [0.5, 0.6) is 5.75 Å².